The SMILES string of the molecule is CCOC(OCC)c1ccc(C(=O)[C@@H]2O[C@H]2c2ccc(Cl)cc2)o1. The zero-order valence-corrected chi connectivity index (χ0v) is 14.3. The summed E-state index contributed by atoms with van der Waals surface area (Å²) < 4.78 is 22.1. The summed E-state index contributed by atoms with van der Waals surface area (Å²) in [6.45, 7) is 4.71. The van der Waals surface area contributed by atoms with Crippen LogP contribution in [0.25, 0.3) is 0 Å². The molecule has 0 radical (unpaired) electrons. The van der Waals surface area contributed by atoms with Crippen LogP contribution in [0, 0.1) is 0 Å². The molecule has 0 spiro atoms. The number of ketones is 1. The van der Waals surface area contributed by atoms with Crippen LogP contribution < -0.4 is 0 Å². The minimum atomic E-state index is -0.603. The normalized spacial score (nSPS) is 19.7. The molecular weight excluding hydrogens is 332 g/mol. The summed E-state index contributed by atoms with van der Waals surface area (Å²) in [5, 5.41) is 0.649. The van der Waals surface area contributed by atoms with Gasteiger partial charge >= 0.3 is 0 Å². The van der Waals surface area contributed by atoms with Crippen molar-refractivity contribution in [1.82, 2.24) is 0 Å². The Morgan fingerprint density at radius 2 is 1.79 bits per heavy atom. The van der Waals surface area contributed by atoms with Crippen LogP contribution in [0.5, 0.6) is 0 Å². The van der Waals surface area contributed by atoms with Crippen molar-refractivity contribution >= 4 is 17.4 Å². The number of carbonyl (C=O) groups is 1. The van der Waals surface area contributed by atoms with Gasteiger partial charge in [-0.15, -0.1) is 0 Å². The van der Waals surface area contributed by atoms with E-state index in [1.807, 2.05) is 26.0 Å². The molecule has 2 atom stereocenters. The molecular formula is C18H19ClO5. The number of hydrogen-bond donors (Lipinski definition) is 0. The van der Waals surface area contributed by atoms with Gasteiger partial charge in [-0.2, -0.15) is 0 Å². The number of carbonyl (C=O) groups excluding carboxylic acids is 1. The average molecular weight is 351 g/mol. The summed E-state index contributed by atoms with van der Waals surface area (Å²) >= 11 is 5.87. The van der Waals surface area contributed by atoms with Crippen LogP contribution in [0.3, 0.4) is 0 Å². The highest BCUT2D eigenvalue weighted by Crippen LogP contribution is 2.41. The van der Waals surface area contributed by atoms with Crippen molar-refractivity contribution in [3.63, 3.8) is 0 Å². The molecule has 128 valence electrons. The molecule has 1 saturated heterocycles. The fourth-order valence-corrected chi connectivity index (χ4v) is 2.61. The van der Waals surface area contributed by atoms with Crippen molar-refractivity contribution in [3.05, 3.63) is 58.5 Å². The van der Waals surface area contributed by atoms with Crippen LogP contribution in [0.1, 0.15) is 48.1 Å². The summed E-state index contributed by atoms with van der Waals surface area (Å²) in [6.07, 6.45) is -1.38. The Labute approximate surface area is 145 Å². The highest BCUT2D eigenvalue weighted by molar-refractivity contribution is 6.30. The molecule has 0 saturated carbocycles. The molecule has 2 aromatic rings. The van der Waals surface area contributed by atoms with Crippen molar-refractivity contribution in [2.45, 2.75) is 32.3 Å². The van der Waals surface area contributed by atoms with Gasteiger partial charge in [-0.25, -0.2) is 0 Å². The Kier molecular flexibility index (Phi) is 5.36. The molecule has 2 heterocycles. The van der Waals surface area contributed by atoms with Crippen molar-refractivity contribution in [1.29, 1.82) is 0 Å². The van der Waals surface area contributed by atoms with E-state index in [4.69, 9.17) is 30.2 Å². The lowest BCUT2D eigenvalue weighted by molar-refractivity contribution is -0.150. The smallest absolute Gasteiger partial charge is 0.229 e. The predicted octanol–water partition coefficient (Wildman–Crippen LogP) is 4.33. The molecule has 1 aromatic carbocycles. The second-order valence-electron chi connectivity index (χ2n) is 5.34. The summed E-state index contributed by atoms with van der Waals surface area (Å²) in [4.78, 5) is 12.5. The number of benzene rings is 1. The molecule has 0 unspecified atom stereocenters. The zero-order chi connectivity index (χ0) is 17.1. The number of ether oxygens (including phenoxy) is 3. The maximum atomic E-state index is 12.5. The van der Waals surface area contributed by atoms with Crippen LogP contribution >= 0.6 is 11.6 Å². The third-order valence-corrected chi connectivity index (χ3v) is 3.94. The van der Waals surface area contributed by atoms with E-state index < -0.39 is 12.4 Å². The monoisotopic (exact) mass is 350 g/mol. The first-order chi connectivity index (χ1) is 11.6. The van der Waals surface area contributed by atoms with Gasteiger partial charge in [-0.3, -0.25) is 4.79 Å². The Hall–Kier alpha value is -1.66. The van der Waals surface area contributed by atoms with E-state index in [1.165, 1.54) is 0 Å². The molecule has 0 amide bonds. The van der Waals surface area contributed by atoms with Gasteiger partial charge in [0.25, 0.3) is 0 Å². The third kappa shape index (κ3) is 3.70. The molecule has 3 rings (SSSR count). The van der Waals surface area contributed by atoms with E-state index >= 15 is 0 Å². The van der Waals surface area contributed by atoms with E-state index in [0.717, 1.165) is 5.56 Å². The maximum Gasteiger partial charge on any atom is 0.229 e. The standard InChI is InChI=1S/C18H19ClO5/c1-3-21-18(22-4-2)14-10-9-13(23-14)15(20)17-16(24-17)11-5-7-12(19)8-6-11/h5-10,16-18H,3-4H2,1-2H3/t16-,17-/m0/s1. The largest absolute Gasteiger partial charge is 0.452 e. The summed E-state index contributed by atoms with van der Waals surface area (Å²) in [6, 6.07) is 10.6. The minimum Gasteiger partial charge on any atom is -0.452 e. The van der Waals surface area contributed by atoms with Gasteiger partial charge in [0, 0.05) is 18.2 Å². The molecule has 1 aliphatic heterocycles. The summed E-state index contributed by atoms with van der Waals surface area (Å²) in [7, 11) is 0. The van der Waals surface area contributed by atoms with Crippen molar-refractivity contribution < 1.29 is 23.4 Å². The topological polar surface area (TPSA) is 61.2 Å². The highest BCUT2D eigenvalue weighted by atomic mass is 35.5. The van der Waals surface area contributed by atoms with E-state index in [9.17, 15) is 4.79 Å². The minimum absolute atomic E-state index is 0.187. The lowest BCUT2D eigenvalue weighted by atomic mass is 10.1. The van der Waals surface area contributed by atoms with Gasteiger partial charge < -0.3 is 18.6 Å². The average Bonchev–Trinajstić information content (AvgIpc) is 3.22. The number of Topliss-reactive ketones (excluding diaryl/α,β-unsaturated/α-hetero) is 1. The first-order valence-electron chi connectivity index (χ1n) is 7.92. The van der Waals surface area contributed by atoms with Gasteiger partial charge in [-0.05, 0) is 43.7 Å². The zero-order valence-electron chi connectivity index (χ0n) is 13.5. The fourth-order valence-electron chi connectivity index (χ4n) is 2.48. The van der Waals surface area contributed by atoms with Crippen molar-refractivity contribution in [2.24, 2.45) is 0 Å². The van der Waals surface area contributed by atoms with E-state index in [2.05, 4.69) is 0 Å². The molecule has 1 fully saturated rings. The molecule has 0 aliphatic carbocycles. The Bertz CT molecular complexity index is 688. The number of halogens is 1. The van der Waals surface area contributed by atoms with Crippen LogP contribution in [0.2, 0.25) is 5.02 Å². The number of furan rings is 1. The second-order valence-corrected chi connectivity index (χ2v) is 5.77. The van der Waals surface area contributed by atoms with Gasteiger partial charge in [0.2, 0.25) is 12.1 Å². The van der Waals surface area contributed by atoms with Crippen LogP contribution in [-0.4, -0.2) is 25.1 Å². The highest BCUT2D eigenvalue weighted by Gasteiger charge is 2.47. The van der Waals surface area contributed by atoms with Gasteiger partial charge in [0.15, 0.2) is 17.6 Å². The van der Waals surface area contributed by atoms with Crippen LogP contribution in [0.15, 0.2) is 40.8 Å². The van der Waals surface area contributed by atoms with Crippen molar-refractivity contribution in [3.8, 4) is 0 Å². The number of hydrogen-bond acceptors (Lipinski definition) is 5. The molecule has 0 N–H and O–H groups in total. The van der Waals surface area contributed by atoms with E-state index in [1.54, 1.807) is 24.3 Å². The summed E-state index contributed by atoms with van der Waals surface area (Å²) in [5.74, 6) is 0.537. The van der Waals surface area contributed by atoms with Gasteiger partial charge in [-0.1, -0.05) is 23.7 Å². The first kappa shape index (κ1) is 17.2. The quantitative estimate of drug-likeness (QED) is 0.403. The Balaban J connectivity index is 1.67. The predicted molar refractivity (Wildman–Crippen MR) is 88.1 cm³/mol. The van der Waals surface area contributed by atoms with Crippen LogP contribution in [-0.2, 0) is 14.2 Å². The Morgan fingerprint density at radius 3 is 2.42 bits per heavy atom. The summed E-state index contributed by atoms with van der Waals surface area (Å²) in [5.41, 5.74) is 0.922. The maximum absolute atomic E-state index is 12.5. The molecule has 24 heavy (non-hydrogen) atoms. The molecule has 0 bridgehead atoms. The molecule has 1 aliphatic rings. The van der Waals surface area contributed by atoms with Gasteiger partial charge in [0.1, 0.15) is 6.10 Å². The van der Waals surface area contributed by atoms with Crippen molar-refractivity contribution in [2.75, 3.05) is 13.2 Å². The third-order valence-electron chi connectivity index (χ3n) is 3.69. The van der Waals surface area contributed by atoms with E-state index in [-0.39, 0.29) is 17.6 Å². The lowest BCUT2D eigenvalue weighted by Gasteiger charge is -2.13. The first-order valence-corrected chi connectivity index (χ1v) is 8.30. The Morgan fingerprint density at radius 1 is 1.12 bits per heavy atom. The van der Waals surface area contributed by atoms with Crippen LogP contribution in [0.4, 0.5) is 0 Å². The fraction of sp³-hybridized carbons (Fsp3) is 0.389. The lowest BCUT2D eigenvalue weighted by Crippen LogP contribution is -2.09. The second kappa shape index (κ2) is 7.49. The molecule has 6 heteroatoms. The van der Waals surface area contributed by atoms with Gasteiger partial charge in [0.05, 0.1) is 0 Å². The number of epoxide rings is 1. The molecule has 5 nitrogen and oxygen atoms in total. The van der Waals surface area contributed by atoms with E-state index in [0.29, 0.717) is 24.0 Å². The molecule has 1 aromatic heterocycles. The number of rotatable bonds is 8.